The van der Waals surface area contributed by atoms with Gasteiger partial charge in [-0.1, -0.05) is 0 Å². The number of nitrogens with zero attached hydrogens (tertiary/aromatic N) is 3. The molecule has 0 bridgehead atoms. The fraction of sp³-hybridized carbons (Fsp3) is 0.556. The van der Waals surface area contributed by atoms with E-state index in [4.69, 9.17) is 35.7 Å². The van der Waals surface area contributed by atoms with E-state index >= 15 is 0 Å². The van der Waals surface area contributed by atoms with Crippen LogP contribution in [0.4, 0.5) is 0 Å². The van der Waals surface area contributed by atoms with Gasteiger partial charge in [0.15, 0.2) is 19.6 Å². The molecule has 20 nitrogen and oxygen atoms in total. The summed E-state index contributed by atoms with van der Waals surface area (Å²) in [6.07, 6.45) is 0. The molecule has 0 aliphatic rings. The Kier molecular flexibility index (Phi) is 28.9. The first-order valence-electron chi connectivity index (χ1n) is 9.89. The largest absolute Gasteiger partial charge is 1.00 e. The minimum absolute atomic E-state index is 0. The number of aliphatic carboxylic acids is 8. The summed E-state index contributed by atoms with van der Waals surface area (Å²) in [5, 5.41) is 70.6. The van der Waals surface area contributed by atoms with E-state index in [0.717, 1.165) is 9.80 Å². The van der Waals surface area contributed by atoms with Gasteiger partial charge in [-0.25, -0.2) is 14.4 Å². The van der Waals surface area contributed by atoms with Crippen LogP contribution >= 0.6 is 0 Å². The van der Waals surface area contributed by atoms with Gasteiger partial charge in [-0.2, -0.15) is 0 Å². The van der Waals surface area contributed by atoms with Crippen molar-refractivity contribution in [1.29, 1.82) is 0 Å². The first-order chi connectivity index (χ1) is 16.9. The molecule has 0 saturated heterocycles. The first kappa shape index (κ1) is 47.4. The maximum Gasteiger partial charge on any atom is 1.00 e. The van der Waals surface area contributed by atoms with Gasteiger partial charge in [0.1, 0.15) is 6.54 Å². The molecule has 0 aromatic rings. The van der Waals surface area contributed by atoms with Gasteiger partial charge in [0.05, 0.1) is 32.1 Å². The van der Waals surface area contributed by atoms with E-state index in [1.165, 1.54) is 0 Å². The molecule has 0 heterocycles. The molecular weight excluding hydrogens is 574 g/mol. The predicted octanol–water partition coefficient (Wildman–Crippen LogP) is -10.9. The third-order valence-corrected chi connectivity index (χ3v) is 4.04. The number of carboxylic acid groups (broad SMARTS) is 8. The van der Waals surface area contributed by atoms with Crippen LogP contribution in [0, 0.1) is 0 Å². The number of hydrogen-bond donors (Lipinski definition) is 8. The number of carboxylic acids is 8. The maximum atomic E-state index is 10.6. The van der Waals surface area contributed by atoms with Crippen LogP contribution in [-0.2, 0) is 38.4 Å². The van der Waals surface area contributed by atoms with Crippen molar-refractivity contribution in [3.8, 4) is 0 Å². The van der Waals surface area contributed by atoms with Crippen LogP contribution in [0.25, 0.3) is 0 Å². The average molecular weight is 606 g/mol. The Morgan fingerprint density at radius 3 is 0.875 bits per heavy atom. The minimum atomic E-state index is -1.71. The maximum absolute atomic E-state index is 10.6. The summed E-state index contributed by atoms with van der Waals surface area (Å²) in [6, 6.07) is 0. The van der Waals surface area contributed by atoms with Crippen molar-refractivity contribution in [2.45, 2.75) is 0 Å². The van der Waals surface area contributed by atoms with Gasteiger partial charge in [0.2, 0.25) is 0 Å². The molecule has 0 aliphatic carbocycles. The van der Waals surface area contributed by atoms with E-state index in [9.17, 15) is 43.5 Å². The second-order valence-electron chi connectivity index (χ2n) is 7.52. The fourth-order valence-electron chi connectivity index (χ4n) is 2.95. The van der Waals surface area contributed by atoms with E-state index < -0.39 is 105 Å². The molecule has 0 aromatic heterocycles. The average Bonchev–Trinajstić information content (AvgIpc) is 2.61. The molecule has 0 fully saturated rings. The van der Waals surface area contributed by atoms with E-state index in [0.29, 0.717) is 0 Å². The number of carbonyl (C=O) groups excluding carboxylic acids is 1. The first-order valence-corrected chi connectivity index (χ1v) is 9.89. The normalized spacial score (nSPS) is 9.95. The molecule has 222 valence electrons. The zero-order chi connectivity index (χ0) is 29.3. The van der Waals surface area contributed by atoms with Crippen molar-refractivity contribution in [2.75, 3.05) is 65.4 Å². The Bertz CT molecular complexity index is 762. The molecule has 0 aliphatic heterocycles. The van der Waals surface area contributed by atoms with Crippen molar-refractivity contribution < 1.29 is 146 Å². The molecule has 0 aromatic carbocycles. The Morgan fingerprint density at radius 1 is 0.500 bits per heavy atom. The van der Waals surface area contributed by atoms with Crippen molar-refractivity contribution in [3.63, 3.8) is 0 Å². The Morgan fingerprint density at radius 2 is 0.725 bits per heavy atom. The smallest absolute Gasteiger partial charge is 1.00 e. The van der Waals surface area contributed by atoms with Crippen LogP contribution < -0.4 is 70.4 Å². The summed E-state index contributed by atoms with van der Waals surface area (Å²) < 4.78 is -1.14. The second kappa shape index (κ2) is 24.4. The molecule has 0 spiro atoms. The summed E-state index contributed by atoms with van der Waals surface area (Å²) in [7, 11) is 0. The monoisotopic (exact) mass is 606 g/mol. The van der Waals surface area contributed by atoms with Crippen LogP contribution in [0.2, 0.25) is 0 Å². The molecule has 0 amide bonds. The summed E-state index contributed by atoms with van der Waals surface area (Å²) in [5.74, 6) is -11.1. The standard InChI is InChI=1S/C10H16N2O8.C8H11NO8.H3N.2Na.2H/c13-7(14)3-11(4-8(15)16)1-2-12(5-9(17)18)6-10(19)20;10-5(11)1-9(2-6(12)13,3-7(14)15)4-8(16)17;;;;;/h1-6H2,(H,13,14)(H,15,16)(H,17,18)(H,19,20);1-4H2,(H3-,10,11,12,13,14,15,16,17);1H3;;;;/q;;;2*+1;2*-1. The van der Waals surface area contributed by atoms with E-state index in [1.807, 2.05) is 0 Å². The Balaban J connectivity index is -0.000000105. The van der Waals surface area contributed by atoms with Gasteiger partial charge in [-0.3, -0.25) is 33.5 Å². The molecule has 40 heavy (non-hydrogen) atoms. The van der Waals surface area contributed by atoms with Crippen LogP contribution in [0.15, 0.2) is 0 Å². The van der Waals surface area contributed by atoms with Crippen LogP contribution in [0.1, 0.15) is 2.85 Å². The predicted molar refractivity (Wildman–Crippen MR) is 118 cm³/mol. The summed E-state index contributed by atoms with van der Waals surface area (Å²) >= 11 is 0. The van der Waals surface area contributed by atoms with Crippen LogP contribution in [0.5, 0.6) is 0 Å². The van der Waals surface area contributed by atoms with Gasteiger partial charge in [0.25, 0.3) is 0 Å². The van der Waals surface area contributed by atoms with Gasteiger partial charge in [0, 0.05) is 13.1 Å². The second-order valence-corrected chi connectivity index (χ2v) is 7.52. The SMILES string of the molecule is N.O=C(O)CN(CCN(CC(=O)O)CC(=O)O)CC(=O)O.O=C([O-])C[N+](CC(=O)O)(CC(=O)O)CC(=O)O.[H-].[H-].[Na+].[Na+]. The molecular formula is C18H32N4Na2O16. The topological polar surface area (TPSA) is 343 Å². The van der Waals surface area contributed by atoms with Crippen LogP contribution in [0.3, 0.4) is 0 Å². The summed E-state index contributed by atoms with van der Waals surface area (Å²) in [4.78, 5) is 86.4. The summed E-state index contributed by atoms with van der Waals surface area (Å²) in [6.45, 7) is -6.02. The van der Waals surface area contributed by atoms with Crippen molar-refractivity contribution >= 4 is 47.8 Å². The number of hydrogen-bond acceptors (Lipinski definition) is 12. The number of carbonyl (C=O) groups is 8. The van der Waals surface area contributed by atoms with Crippen molar-refractivity contribution in [2.24, 2.45) is 0 Å². The van der Waals surface area contributed by atoms with Crippen molar-refractivity contribution in [1.82, 2.24) is 16.0 Å². The minimum Gasteiger partial charge on any atom is -1.00 e. The zero-order valence-corrected chi connectivity index (χ0v) is 25.9. The molecule has 10 N–H and O–H groups in total. The molecule has 0 saturated carbocycles. The summed E-state index contributed by atoms with van der Waals surface area (Å²) in [5.41, 5.74) is 0. The molecule has 22 heteroatoms. The van der Waals surface area contributed by atoms with Crippen LogP contribution in [-0.4, -0.2) is 163 Å². The molecule has 0 unspecified atom stereocenters. The number of rotatable bonds is 19. The Labute approximate surface area is 273 Å². The van der Waals surface area contributed by atoms with E-state index in [2.05, 4.69) is 0 Å². The third-order valence-electron chi connectivity index (χ3n) is 4.04. The van der Waals surface area contributed by atoms with E-state index in [-0.39, 0.29) is 81.2 Å². The van der Waals surface area contributed by atoms with E-state index in [1.54, 1.807) is 0 Å². The van der Waals surface area contributed by atoms with Crippen molar-refractivity contribution in [3.05, 3.63) is 0 Å². The Hall–Kier alpha value is -2.40. The molecule has 0 atom stereocenters. The van der Waals surface area contributed by atoms with Gasteiger partial charge >= 0.3 is 101 Å². The molecule has 0 rings (SSSR count). The van der Waals surface area contributed by atoms with Gasteiger partial charge in [-0.05, 0) is 0 Å². The van der Waals surface area contributed by atoms with Gasteiger partial charge < -0.3 is 54.7 Å². The zero-order valence-electron chi connectivity index (χ0n) is 23.9. The fourth-order valence-corrected chi connectivity index (χ4v) is 2.95. The number of quaternary nitrogens is 1. The molecule has 0 radical (unpaired) electrons. The third kappa shape index (κ3) is 28.6. The van der Waals surface area contributed by atoms with Gasteiger partial charge in [-0.15, -0.1) is 0 Å². The quantitative estimate of drug-likeness (QED) is 0.0499.